The van der Waals surface area contributed by atoms with Gasteiger partial charge in [-0.25, -0.2) is 4.79 Å². The molecule has 1 aliphatic heterocycles. The lowest BCUT2D eigenvalue weighted by Crippen LogP contribution is -2.46. The molecule has 1 aromatic carbocycles. The van der Waals surface area contributed by atoms with Crippen molar-refractivity contribution in [3.8, 4) is 0 Å². The summed E-state index contributed by atoms with van der Waals surface area (Å²) < 4.78 is 0. The Morgan fingerprint density at radius 3 is 2.30 bits per heavy atom. The van der Waals surface area contributed by atoms with E-state index < -0.39 is 5.97 Å². The molecule has 2 rings (SSSR count). The highest BCUT2D eigenvalue weighted by Crippen LogP contribution is 2.11. The van der Waals surface area contributed by atoms with Gasteiger partial charge in [-0.05, 0) is 37.0 Å². The van der Waals surface area contributed by atoms with Crippen molar-refractivity contribution < 1.29 is 19.5 Å². The molecule has 0 saturated carbocycles. The van der Waals surface area contributed by atoms with E-state index in [1.807, 2.05) is 0 Å². The maximum atomic E-state index is 12.0. The Kier molecular flexibility index (Phi) is 5.73. The normalized spacial score (nSPS) is 15.3. The summed E-state index contributed by atoms with van der Waals surface area (Å²) in [5.41, 5.74) is 1.19. The quantitative estimate of drug-likeness (QED) is 0.860. The molecule has 0 radical (unpaired) electrons. The lowest BCUT2D eigenvalue weighted by Gasteiger charge is -2.31. The van der Waals surface area contributed by atoms with Gasteiger partial charge in [0.2, 0.25) is 11.8 Å². The summed E-state index contributed by atoms with van der Waals surface area (Å²) >= 11 is 0. The molecule has 0 unspecified atom stereocenters. The fourth-order valence-electron chi connectivity index (χ4n) is 2.71. The average molecular weight is 318 g/mol. The highest BCUT2D eigenvalue weighted by Gasteiger charge is 2.21. The molecule has 0 bridgehead atoms. The largest absolute Gasteiger partial charge is 0.478 e. The number of hydrogen-bond donors (Lipinski definition) is 2. The van der Waals surface area contributed by atoms with Crippen LogP contribution in [0.5, 0.6) is 0 Å². The molecule has 0 aliphatic carbocycles. The summed E-state index contributed by atoms with van der Waals surface area (Å²) in [5.74, 6) is -0.876. The van der Waals surface area contributed by atoms with E-state index in [1.54, 1.807) is 36.1 Å². The molecule has 23 heavy (non-hydrogen) atoms. The molecule has 124 valence electrons. The lowest BCUT2D eigenvalue weighted by molar-refractivity contribution is -0.130. The number of nitrogens with zero attached hydrogens (tertiary/aromatic N) is 1. The fourth-order valence-corrected chi connectivity index (χ4v) is 2.71. The molecule has 0 atom stereocenters. The van der Waals surface area contributed by atoms with Crippen LogP contribution >= 0.6 is 0 Å². The van der Waals surface area contributed by atoms with Crippen molar-refractivity contribution in [2.45, 2.75) is 38.6 Å². The van der Waals surface area contributed by atoms with Crippen molar-refractivity contribution in [1.82, 2.24) is 10.2 Å². The summed E-state index contributed by atoms with van der Waals surface area (Å²) in [6.45, 7) is 2.95. The van der Waals surface area contributed by atoms with Crippen molar-refractivity contribution >= 4 is 17.8 Å². The molecule has 1 aliphatic rings. The van der Waals surface area contributed by atoms with Crippen LogP contribution in [-0.4, -0.2) is 46.9 Å². The molecular formula is C17H22N2O4. The van der Waals surface area contributed by atoms with E-state index in [0.29, 0.717) is 25.9 Å². The maximum Gasteiger partial charge on any atom is 0.335 e. The van der Waals surface area contributed by atoms with Crippen molar-refractivity contribution in [3.63, 3.8) is 0 Å². The predicted molar refractivity (Wildman–Crippen MR) is 85.1 cm³/mol. The van der Waals surface area contributed by atoms with Crippen LogP contribution in [0.15, 0.2) is 24.3 Å². The third kappa shape index (κ3) is 5.09. The maximum absolute atomic E-state index is 12.0. The van der Waals surface area contributed by atoms with Crippen LogP contribution in [0.3, 0.4) is 0 Å². The smallest absolute Gasteiger partial charge is 0.335 e. The number of piperidine rings is 1. The van der Waals surface area contributed by atoms with Crippen molar-refractivity contribution in [2.75, 3.05) is 13.1 Å². The molecule has 1 aromatic rings. The molecule has 6 heteroatoms. The molecule has 2 N–H and O–H groups in total. The number of nitrogens with one attached hydrogen (secondary N) is 1. The van der Waals surface area contributed by atoms with Crippen LogP contribution in [0.1, 0.15) is 42.1 Å². The van der Waals surface area contributed by atoms with Gasteiger partial charge in [-0.15, -0.1) is 0 Å². The van der Waals surface area contributed by atoms with E-state index in [9.17, 15) is 14.4 Å². The van der Waals surface area contributed by atoms with E-state index in [2.05, 4.69) is 5.32 Å². The lowest BCUT2D eigenvalue weighted by atomic mass is 10.0. The van der Waals surface area contributed by atoms with Gasteiger partial charge in [0.25, 0.3) is 0 Å². The van der Waals surface area contributed by atoms with Gasteiger partial charge in [-0.2, -0.15) is 0 Å². The second kappa shape index (κ2) is 7.76. The first-order valence-electron chi connectivity index (χ1n) is 7.83. The zero-order valence-corrected chi connectivity index (χ0v) is 13.2. The first-order valence-corrected chi connectivity index (χ1v) is 7.83. The monoisotopic (exact) mass is 318 g/mol. The van der Waals surface area contributed by atoms with Gasteiger partial charge in [-0.1, -0.05) is 12.1 Å². The number of aryl methyl sites for hydroxylation is 1. The van der Waals surface area contributed by atoms with Gasteiger partial charge in [0.1, 0.15) is 0 Å². The molecule has 0 aromatic heterocycles. The number of hydrogen-bond acceptors (Lipinski definition) is 3. The minimum Gasteiger partial charge on any atom is -0.478 e. The second-order valence-corrected chi connectivity index (χ2v) is 5.85. The van der Waals surface area contributed by atoms with Gasteiger partial charge in [-0.3, -0.25) is 9.59 Å². The van der Waals surface area contributed by atoms with Gasteiger partial charge >= 0.3 is 5.97 Å². The number of carbonyl (C=O) groups excluding carboxylic acids is 2. The van der Waals surface area contributed by atoms with Crippen LogP contribution in [0.4, 0.5) is 0 Å². The zero-order valence-electron chi connectivity index (χ0n) is 13.2. The van der Waals surface area contributed by atoms with E-state index in [-0.39, 0.29) is 23.4 Å². The third-order valence-corrected chi connectivity index (χ3v) is 4.15. The topological polar surface area (TPSA) is 86.7 Å². The third-order valence-electron chi connectivity index (χ3n) is 4.15. The SMILES string of the molecule is CC(=O)N1CCC(NC(=O)CCc2ccc(C(=O)O)cc2)CC1. The minimum atomic E-state index is -0.953. The molecule has 6 nitrogen and oxygen atoms in total. The zero-order chi connectivity index (χ0) is 16.8. The van der Waals surface area contributed by atoms with Crippen LogP contribution in [0.25, 0.3) is 0 Å². The Labute approximate surface area is 135 Å². The summed E-state index contributed by atoms with van der Waals surface area (Å²) in [5, 5.41) is 11.8. The molecule has 0 spiro atoms. The van der Waals surface area contributed by atoms with Crippen LogP contribution in [0, 0.1) is 0 Å². The number of likely N-dealkylation sites (tertiary alicyclic amines) is 1. The minimum absolute atomic E-state index is 0.00594. The first kappa shape index (κ1) is 17.0. The molecule has 1 heterocycles. The first-order chi connectivity index (χ1) is 11.0. The van der Waals surface area contributed by atoms with Gasteiger partial charge in [0, 0.05) is 32.5 Å². The van der Waals surface area contributed by atoms with E-state index in [0.717, 1.165) is 18.4 Å². The van der Waals surface area contributed by atoms with Crippen molar-refractivity contribution in [2.24, 2.45) is 0 Å². The summed E-state index contributed by atoms with van der Waals surface area (Å²) in [4.78, 5) is 35.8. The molecule has 1 fully saturated rings. The van der Waals surface area contributed by atoms with Crippen molar-refractivity contribution in [3.05, 3.63) is 35.4 Å². The standard InChI is InChI=1S/C17H22N2O4/c1-12(20)19-10-8-15(9-11-19)18-16(21)7-4-13-2-5-14(6-3-13)17(22)23/h2-3,5-6,15H,4,7-11H2,1H3,(H,18,21)(H,22,23). The highest BCUT2D eigenvalue weighted by atomic mass is 16.4. The summed E-state index contributed by atoms with van der Waals surface area (Å²) in [7, 11) is 0. The van der Waals surface area contributed by atoms with E-state index in [4.69, 9.17) is 5.11 Å². The van der Waals surface area contributed by atoms with Gasteiger partial charge in [0.05, 0.1) is 5.56 Å². The fraction of sp³-hybridized carbons (Fsp3) is 0.471. The number of amides is 2. The Hall–Kier alpha value is -2.37. The predicted octanol–water partition coefficient (Wildman–Crippen LogP) is 1.44. The molecule has 1 saturated heterocycles. The van der Waals surface area contributed by atoms with Gasteiger partial charge < -0.3 is 15.3 Å². The Morgan fingerprint density at radius 2 is 1.78 bits per heavy atom. The number of aromatic carboxylic acids is 1. The Bertz CT molecular complexity index is 575. The number of benzene rings is 1. The van der Waals surface area contributed by atoms with E-state index >= 15 is 0 Å². The number of carbonyl (C=O) groups is 3. The molecule has 2 amide bonds. The second-order valence-electron chi connectivity index (χ2n) is 5.85. The number of rotatable bonds is 5. The Balaban J connectivity index is 1.73. The van der Waals surface area contributed by atoms with Crippen LogP contribution < -0.4 is 5.32 Å². The summed E-state index contributed by atoms with van der Waals surface area (Å²) in [6.07, 6.45) is 2.54. The van der Waals surface area contributed by atoms with Crippen LogP contribution in [0.2, 0.25) is 0 Å². The molecular weight excluding hydrogens is 296 g/mol. The Morgan fingerprint density at radius 1 is 1.17 bits per heavy atom. The van der Waals surface area contributed by atoms with Gasteiger partial charge in [0.15, 0.2) is 0 Å². The number of carboxylic acid groups (broad SMARTS) is 1. The average Bonchev–Trinajstić information content (AvgIpc) is 2.54. The summed E-state index contributed by atoms with van der Waals surface area (Å²) in [6, 6.07) is 6.71. The van der Waals surface area contributed by atoms with Crippen LogP contribution in [-0.2, 0) is 16.0 Å². The number of carboxylic acids is 1. The highest BCUT2D eigenvalue weighted by molar-refractivity contribution is 5.87. The van der Waals surface area contributed by atoms with E-state index in [1.165, 1.54) is 0 Å². The van der Waals surface area contributed by atoms with Crippen molar-refractivity contribution in [1.29, 1.82) is 0 Å².